The number of thiocarbonyl (C=S) groups is 1. The van der Waals surface area contributed by atoms with E-state index in [9.17, 15) is 9.59 Å². The summed E-state index contributed by atoms with van der Waals surface area (Å²) in [7, 11) is 0. The van der Waals surface area contributed by atoms with E-state index in [0.717, 1.165) is 11.8 Å². The molecule has 4 rings (SSSR count). The van der Waals surface area contributed by atoms with Crippen molar-refractivity contribution in [3.63, 3.8) is 0 Å². The van der Waals surface area contributed by atoms with Gasteiger partial charge in [-0.3, -0.25) is 14.5 Å². The number of fused-ring (bicyclic) bond motifs is 1. The van der Waals surface area contributed by atoms with Gasteiger partial charge >= 0.3 is 0 Å². The summed E-state index contributed by atoms with van der Waals surface area (Å²) in [6, 6.07) is 12.3. The Hall–Kier alpha value is -2.75. The molecule has 2 heterocycles. The van der Waals surface area contributed by atoms with Crippen molar-refractivity contribution in [1.29, 1.82) is 0 Å². The number of rotatable bonds is 4. The Morgan fingerprint density at radius 3 is 2.89 bits per heavy atom. The fourth-order valence-electron chi connectivity index (χ4n) is 2.61. The molecule has 28 heavy (non-hydrogen) atoms. The highest BCUT2D eigenvalue weighted by Gasteiger charge is 2.33. The second kappa shape index (κ2) is 7.70. The number of benzene rings is 2. The van der Waals surface area contributed by atoms with Crippen molar-refractivity contribution in [3.05, 3.63) is 58.0 Å². The van der Waals surface area contributed by atoms with E-state index in [1.807, 2.05) is 6.07 Å². The predicted octanol–water partition coefficient (Wildman–Crippen LogP) is 3.72. The Labute approximate surface area is 173 Å². The first kappa shape index (κ1) is 18.6. The van der Waals surface area contributed by atoms with Crippen LogP contribution in [0.25, 0.3) is 17.1 Å². The smallest absolute Gasteiger partial charge is 0.266 e. The molecule has 1 aliphatic rings. The van der Waals surface area contributed by atoms with Crippen LogP contribution < -0.4 is 5.32 Å². The molecule has 0 radical (unpaired) electrons. The average molecular weight is 431 g/mol. The third kappa shape index (κ3) is 3.64. The molecule has 1 N–H and O–H groups in total. The lowest BCUT2D eigenvalue weighted by molar-refractivity contribution is -0.126. The quantitative estimate of drug-likeness (QED) is 0.498. The fourth-order valence-corrected chi connectivity index (χ4v) is 4.05. The predicted molar refractivity (Wildman–Crippen MR) is 112 cm³/mol. The van der Waals surface area contributed by atoms with Crippen molar-refractivity contribution in [2.24, 2.45) is 0 Å². The lowest BCUT2D eigenvalue weighted by atomic mass is 10.2. The number of hydrogen-bond donors (Lipinski definition) is 1. The van der Waals surface area contributed by atoms with Gasteiger partial charge in [0.15, 0.2) is 5.52 Å². The number of nitrogens with zero attached hydrogens (tertiary/aromatic N) is 3. The van der Waals surface area contributed by atoms with E-state index in [4.69, 9.17) is 23.8 Å². The fraction of sp³-hybridized carbons (Fsp3) is 0.0556. The molecule has 140 valence electrons. The topological polar surface area (TPSA) is 88.3 Å². The molecule has 10 heteroatoms. The van der Waals surface area contributed by atoms with Gasteiger partial charge in [0.2, 0.25) is 5.91 Å². The Bertz CT molecular complexity index is 1140. The SMILES string of the molecule is O=C(CN1C(=O)C(=Cc2ccccc2Cl)SC1=S)Nc1cccc2nonc12. The number of thioether (sulfide) groups is 1. The van der Waals surface area contributed by atoms with Gasteiger partial charge < -0.3 is 5.32 Å². The summed E-state index contributed by atoms with van der Waals surface area (Å²) in [4.78, 5) is 26.8. The summed E-state index contributed by atoms with van der Waals surface area (Å²) in [5, 5.41) is 10.7. The molecule has 3 aromatic rings. The highest BCUT2D eigenvalue weighted by Crippen LogP contribution is 2.33. The zero-order valence-electron chi connectivity index (χ0n) is 14.1. The van der Waals surface area contributed by atoms with E-state index in [2.05, 4.69) is 20.3 Å². The van der Waals surface area contributed by atoms with Gasteiger partial charge in [-0.2, -0.15) is 0 Å². The van der Waals surface area contributed by atoms with Crippen LogP contribution in [0.3, 0.4) is 0 Å². The van der Waals surface area contributed by atoms with Gasteiger partial charge in [-0.1, -0.05) is 59.8 Å². The van der Waals surface area contributed by atoms with Crippen LogP contribution >= 0.6 is 35.6 Å². The number of carbonyl (C=O) groups excluding carboxylic acids is 2. The molecule has 1 aliphatic heterocycles. The van der Waals surface area contributed by atoms with Crippen LogP contribution in [0.4, 0.5) is 5.69 Å². The van der Waals surface area contributed by atoms with Crippen LogP contribution in [0, 0.1) is 0 Å². The van der Waals surface area contributed by atoms with Crippen molar-refractivity contribution in [1.82, 2.24) is 15.2 Å². The molecule has 2 amide bonds. The highest BCUT2D eigenvalue weighted by atomic mass is 35.5. The number of aromatic nitrogens is 2. The van der Waals surface area contributed by atoms with E-state index < -0.39 is 5.91 Å². The molecule has 0 aliphatic carbocycles. The highest BCUT2D eigenvalue weighted by molar-refractivity contribution is 8.26. The second-order valence-corrected chi connectivity index (χ2v) is 7.86. The molecule has 0 unspecified atom stereocenters. The van der Waals surface area contributed by atoms with E-state index in [1.165, 1.54) is 4.90 Å². The van der Waals surface area contributed by atoms with Gasteiger partial charge in [-0.05, 0) is 40.2 Å². The summed E-state index contributed by atoms with van der Waals surface area (Å²) in [6.45, 7) is -0.216. The molecule has 0 spiro atoms. The van der Waals surface area contributed by atoms with E-state index in [0.29, 0.717) is 36.5 Å². The summed E-state index contributed by atoms with van der Waals surface area (Å²) in [5.41, 5.74) is 2.10. The lowest BCUT2D eigenvalue weighted by Gasteiger charge is -2.14. The molecule has 0 bridgehead atoms. The first-order valence-corrected chi connectivity index (χ1v) is 9.64. The first-order valence-electron chi connectivity index (χ1n) is 8.04. The van der Waals surface area contributed by atoms with E-state index in [-0.39, 0.29) is 12.5 Å². The summed E-state index contributed by atoms with van der Waals surface area (Å²) >= 11 is 12.5. The minimum absolute atomic E-state index is 0.216. The van der Waals surface area contributed by atoms with E-state index in [1.54, 1.807) is 42.5 Å². The van der Waals surface area contributed by atoms with Crippen molar-refractivity contribution in [3.8, 4) is 0 Å². The zero-order chi connectivity index (χ0) is 19.7. The summed E-state index contributed by atoms with van der Waals surface area (Å²) in [5.74, 6) is -0.753. The molecular weight excluding hydrogens is 420 g/mol. The number of hydrogen-bond acceptors (Lipinski definition) is 7. The minimum atomic E-state index is -0.411. The summed E-state index contributed by atoms with van der Waals surface area (Å²) < 4.78 is 4.98. The number of nitrogens with one attached hydrogen (secondary N) is 1. The third-order valence-electron chi connectivity index (χ3n) is 3.93. The normalized spacial score (nSPS) is 15.6. The summed E-state index contributed by atoms with van der Waals surface area (Å²) in [6.07, 6.45) is 1.67. The minimum Gasteiger partial charge on any atom is -0.322 e. The molecule has 1 aromatic heterocycles. The monoisotopic (exact) mass is 430 g/mol. The second-order valence-electron chi connectivity index (χ2n) is 5.78. The Kier molecular flexibility index (Phi) is 5.12. The van der Waals surface area contributed by atoms with Crippen molar-refractivity contribution in [2.75, 3.05) is 11.9 Å². The molecule has 0 saturated carbocycles. The van der Waals surface area contributed by atoms with Gasteiger partial charge in [-0.15, -0.1) is 0 Å². The Balaban J connectivity index is 1.49. The number of halogens is 1. The molecule has 7 nitrogen and oxygen atoms in total. The van der Waals surface area contributed by atoms with Gasteiger partial charge in [0.05, 0.1) is 10.6 Å². The Morgan fingerprint density at radius 2 is 2.07 bits per heavy atom. The van der Waals surface area contributed by atoms with Crippen LogP contribution in [0.15, 0.2) is 52.0 Å². The Morgan fingerprint density at radius 1 is 1.25 bits per heavy atom. The van der Waals surface area contributed by atoms with Crippen molar-refractivity contribution < 1.29 is 14.2 Å². The largest absolute Gasteiger partial charge is 0.322 e. The molecule has 1 fully saturated rings. The maximum atomic E-state index is 12.7. The van der Waals surface area contributed by atoms with Crippen LogP contribution in [0.1, 0.15) is 5.56 Å². The lowest BCUT2D eigenvalue weighted by Crippen LogP contribution is -2.36. The zero-order valence-corrected chi connectivity index (χ0v) is 16.5. The standard InChI is InChI=1S/C18H11ClN4O3S2/c19-11-5-2-1-4-10(11)8-14-17(25)23(18(27)28-14)9-15(24)20-12-6-3-7-13-16(12)22-26-21-13/h1-8H,9H2,(H,20,24). The van der Waals surface area contributed by atoms with Gasteiger partial charge in [0, 0.05) is 5.02 Å². The third-order valence-corrected chi connectivity index (χ3v) is 5.65. The number of carbonyl (C=O) groups is 2. The first-order chi connectivity index (χ1) is 13.5. The van der Waals surface area contributed by atoms with Crippen LogP contribution in [0.5, 0.6) is 0 Å². The molecule has 1 saturated heterocycles. The van der Waals surface area contributed by atoms with Crippen LogP contribution in [0.2, 0.25) is 5.02 Å². The molecule has 0 atom stereocenters. The number of anilines is 1. The molecule has 2 aromatic carbocycles. The van der Waals surface area contributed by atoms with Gasteiger partial charge in [0.25, 0.3) is 5.91 Å². The van der Waals surface area contributed by atoms with Gasteiger partial charge in [-0.25, -0.2) is 4.63 Å². The maximum absolute atomic E-state index is 12.7. The van der Waals surface area contributed by atoms with Crippen LogP contribution in [-0.4, -0.2) is 37.9 Å². The molecular formula is C18H11ClN4O3S2. The van der Waals surface area contributed by atoms with Gasteiger partial charge in [0.1, 0.15) is 16.4 Å². The van der Waals surface area contributed by atoms with Crippen molar-refractivity contribution in [2.45, 2.75) is 0 Å². The van der Waals surface area contributed by atoms with Crippen LogP contribution in [-0.2, 0) is 9.59 Å². The number of amides is 2. The van der Waals surface area contributed by atoms with Crippen molar-refractivity contribution >= 4 is 74.5 Å². The average Bonchev–Trinajstić information content (AvgIpc) is 3.25. The maximum Gasteiger partial charge on any atom is 0.266 e. The van der Waals surface area contributed by atoms with E-state index >= 15 is 0 Å².